The molecule has 0 bridgehead atoms. The van der Waals surface area contributed by atoms with Gasteiger partial charge in [0.2, 0.25) is 0 Å². The van der Waals surface area contributed by atoms with Gasteiger partial charge in [-0.05, 0) is 6.42 Å². The number of unbranched alkanes of at least 4 members (excludes halogenated alkanes) is 2. The minimum absolute atomic E-state index is 0.0450. The zero-order valence-corrected chi connectivity index (χ0v) is 8.34. The van der Waals surface area contributed by atoms with Gasteiger partial charge in [-0.25, -0.2) is 8.42 Å². The van der Waals surface area contributed by atoms with Gasteiger partial charge in [0.15, 0.2) is 14.9 Å². The van der Waals surface area contributed by atoms with Gasteiger partial charge in [0.25, 0.3) is 0 Å². The van der Waals surface area contributed by atoms with Crippen molar-refractivity contribution >= 4 is 9.84 Å². The van der Waals surface area contributed by atoms with Gasteiger partial charge in [0, 0.05) is 0 Å². The van der Waals surface area contributed by atoms with E-state index in [1.807, 2.05) is 6.92 Å². The number of nitrogens with zero attached hydrogens (tertiary/aromatic N) is 2. The summed E-state index contributed by atoms with van der Waals surface area (Å²) in [4.78, 5) is 0. The molecule has 13 heavy (non-hydrogen) atoms. The van der Waals surface area contributed by atoms with Crippen molar-refractivity contribution in [3.05, 3.63) is 6.20 Å². The van der Waals surface area contributed by atoms with Crippen LogP contribution in [0.15, 0.2) is 11.2 Å². The Bertz CT molecular complexity index is 331. The minimum atomic E-state index is -3.19. The van der Waals surface area contributed by atoms with Crippen molar-refractivity contribution in [1.29, 1.82) is 0 Å². The number of aromatic amines is 1. The molecule has 0 aromatic carbocycles. The molecule has 0 aliphatic carbocycles. The van der Waals surface area contributed by atoms with E-state index >= 15 is 0 Å². The first kappa shape index (κ1) is 10.2. The molecule has 0 aliphatic rings. The van der Waals surface area contributed by atoms with E-state index in [-0.39, 0.29) is 10.8 Å². The molecular formula is C7H13N3O2S. The number of aromatic nitrogens is 3. The Morgan fingerprint density at radius 3 is 2.77 bits per heavy atom. The fraction of sp³-hybridized carbons (Fsp3) is 0.714. The van der Waals surface area contributed by atoms with Crippen LogP contribution >= 0.6 is 0 Å². The van der Waals surface area contributed by atoms with Crippen molar-refractivity contribution in [3.8, 4) is 0 Å². The average Bonchev–Trinajstić information content (AvgIpc) is 2.56. The summed E-state index contributed by atoms with van der Waals surface area (Å²) in [5.74, 6) is 0.160. The van der Waals surface area contributed by atoms with Gasteiger partial charge in [-0.3, -0.25) is 5.10 Å². The normalized spacial score (nSPS) is 11.8. The molecule has 1 aromatic heterocycles. The molecule has 6 heteroatoms. The van der Waals surface area contributed by atoms with Crippen molar-refractivity contribution in [2.24, 2.45) is 0 Å². The van der Waals surface area contributed by atoms with E-state index in [4.69, 9.17) is 0 Å². The number of rotatable bonds is 5. The van der Waals surface area contributed by atoms with Gasteiger partial charge in [0.1, 0.15) is 0 Å². The van der Waals surface area contributed by atoms with Gasteiger partial charge in [-0.2, -0.15) is 0 Å². The highest BCUT2D eigenvalue weighted by atomic mass is 32.2. The Labute approximate surface area is 77.5 Å². The number of sulfone groups is 1. The monoisotopic (exact) mass is 203 g/mol. The quantitative estimate of drug-likeness (QED) is 0.717. The summed E-state index contributed by atoms with van der Waals surface area (Å²) in [6.45, 7) is 2.03. The summed E-state index contributed by atoms with van der Waals surface area (Å²) >= 11 is 0. The van der Waals surface area contributed by atoms with E-state index < -0.39 is 9.84 Å². The van der Waals surface area contributed by atoms with Crippen LogP contribution in [0.5, 0.6) is 0 Å². The molecule has 1 heterocycles. The highest BCUT2D eigenvalue weighted by Crippen LogP contribution is 2.07. The number of H-pyrrole nitrogens is 1. The van der Waals surface area contributed by atoms with E-state index in [1.54, 1.807) is 0 Å². The average molecular weight is 203 g/mol. The lowest BCUT2D eigenvalue weighted by atomic mass is 10.3. The number of nitrogens with one attached hydrogen (secondary N) is 1. The second-order valence-corrected chi connectivity index (χ2v) is 4.89. The van der Waals surface area contributed by atoms with Crippen molar-refractivity contribution in [1.82, 2.24) is 15.4 Å². The molecule has 0 fully saturated rings. The molecule has 1 aromatic rings. The van der Waals surface area contributed by atoms with E-state index in [0.29, 0.717) is 6.42 Å². The third kappa shape index (κ3) is 2.80. The van der Waals surface area contributed by atoms with Crippen LogP contribution in [0.2, 0.25) is 0 Å². The highest BCUT2D eigenvalue weighted by Gasteiger charge is 2.16. The summed E-state index contributed by atoms with van der Waals surface area (Å²) in [5.41, 5.74) is 0. The summed E-state index contributed by atoms with van der Waals surface area (Å²) in [7, 11) is -3.19. The molecule has 74 valence electrons. The minimum Gasteiger partial charge on any atom is -0.264 e. The van der Waals surface area contributed by atoms with Crippen LogP contribution in [0, 0.1) is 0 Å². The summed E-state index contributed by atoms with van der Waals surface area (Å²) in [6.07, 6.45) is 3.93. The van der Waals surface area contributed by atoms with Gasteiger partial charge in [-0.1, -0.05) is 25.0 Å². The molecule has 0 atom stereocenters. The van der Waals surface area contributed by atoms with E-state index in [0.717, 1.165) is 12.8 Å². The molecule has 1 rings (SSSR count). The zero-order chi connectivity index (χ0) is 9.73. The Morgan fingerprint density at radius 1 is 1.46 bits per heavy atom. The molecule has 0 spiro atoms. The van der Waals surface area contributed by atoms with Crippen LogP contribution in [-0.4, -0.2) is 29.6 Å². The summed E-state index contributed by atoms with van der Waals surface area (Å²) in [5, 5.41) is 9.27. The maximum atomic E-state index is 11.4. The molecule has 0 amide bonds. The lowest BCUT2D eigenvalue weighted by molar-refractivity contribution is 0.587. The van der Waals surface area contributed by atoms with Crippen LogP contribution in [-0.2, 0) is 9.84 Å². The highest BCUT2D eigenvalue weighted by molar-refractivity contribution is 7.91. The Balaban J connectivity index is 2.58. The predicted molar refractivity (Wildman–Crippen MR) is 48.0 cm³/mol. The van der Waals surface area contributed by atoms with E-state index in [2.05, 4.69) is 15.4 Å². The molecule has 5 nitrogen and oxygen atoms in total. The largest absolute Gasteiger partial charge is 0.264 e. The fourth-order valence-electron chi connectivity index (χ4n) is 0.990. The Kier molecular flexibility index (Phi) is 3.41. The van der Waals surface area contributed by atoms with Gasteiger partial charge in [-0.15, -0.1) is 5.10 Å². The number of hydrogen-bond acceptors (Lipinski definition) is 4. The third-order valence-corrected chi connectivity index (χ3v) is 3.39. The van der Waals surface area contributed by atoms with E-state index in [9.17, 15) is 8.42 Å². The smallest absolute Gasteiger partial charge is 0.199 e. The molecular weight excluding hydrogens is 190 g/mol. The van der Waals surface area contributed by atoms with Gasteiger partial charge < -0.3 is 0 Å². The lowest BCUT2D eigenvalue weighted by Gasteiger charge is -1.98. The summed E-state index contributed by atoms with van der Waals surface area (Å²) in [6, 6.07) is 0. The van der Waals surface area contributed by atoms with Crippen molar-refractivity contribution in [2.75, 3.05) is 5.75 Å². The predicted octanol–water partition coefficient (Wildman–Crippen LogP) is 0.769. The number of hydrogen-bond donors (Lipinski definition) is 1. The Hall–Kier alpha value is -0.910. The van der Waals surface area contributed by atoms with Gasteiger partial charge >= 0.3 is 0 Å². The van der Waals surface area contributed by atoms with E-state index in [1.165, 1.54) is 6.20 Å². The van der Waals surface area contributed by atoms with Crippen LogP contribution in [0.3, 0.4) is 0 Å². The molecule has 0 saturated heterocycles. The van der Waals surface area contributed by atoms with Crippen molar-refractivity contribution in [3.63, 3.8) is 0 Å². The first-order valence-electron chi connectivity index (χ1n) is 4.26. The van der Waals surface area contributed by atoms with Crippen molar-refractivity contribution in [2.45, 2.75) is 31.2 Å². The Morgan fingerprint density at radius 2 is 2.23 bits per heavy atom. The SMILES string of the molecule is CCCCCS(=O)(=O)c1c[nH]nn1. The van der Waals surface area contributed by atoms with Crippen LogP contribution < -0.4 is 0 Å². The first-order valence-corrected chi connectivity index (χ1v) is 5.91. The molecule has 0 saturated carbocycles. The standard InChI is InChI=1S/C7H13N3O2S/c1-2-3-4-5-13(11,12)7-6-8-10-9-7/h6H,2-5H2,1H3,(H,8,9,10). The third-order valence-electron chi connectivity index (χ3n) is 1.73. The van der Waals surface area contributed by atoms with Gasteiger partial charge in [0.05, 0.1) is 11.9 Å². The molecule has 0 unspecified atom stereocenters. The maximum absolute atomic E-state index is 11.4. The fourth-order valence-corrected chi connectivity index (χ4v) is 2.18. The van der Waals surface area contributed by atoms with Crippen LogP contribution in [0.4, 0.5) is 0 Å². The molecule has 1 N–H and O–H groups in total. The lowest BCUT2D eigenvalue weighted by Crippen LogP contribution is -2.07. The molecule has 0 radical (unpaired) electrons. The molecule has 0 aliphatic heterocycles. The topological polar surface area (TPSA) is 75.7 Å². The van der Waals surface area contributed by atoms with Crippen LogP contribution in [0.1, 0.15) is 26.2 Å². The maximum Gasteiger partial charge on any atom is 0.199 e. The van der Waals surface area contributed by atoms with Crippen LogP contribution in [0.25, 0.3) is 0 Å². The zero-order valence-electron chi connectivity index (χ0n) is 7.52. The first-order chi connectivity index (χ1) is 6.17. The second kappa shape index (κ2) is 4.36. The van der Waals surface area contributed by atoms with Crippen molar-refractivity contribution < 1.29 is 8.42 Å². The second-order valence-electron chi connectivity index (χ2n) is 2.84. The summed E-state index contributed by atoms with van der Waals surface area (Å²) < 4.78 is 22.9.